The van der Waals surface area contributed by atoms with Gasteiger partial charge in [-0.1, -0.05) is 0 Å². The summed E-state index contributed by atoms with van der Waals surface area (Å²) in [4.78, 5) is 45.0. The number of pyridine rings is 4. The average Bonchev–Trinajstić information content (AvgIpc) is 2.99. The number of carbonyl (C=O) groups excluding carboxylic acids is 4. The fourth-order valence-corrected chi connectivity index (χ4v) is 4.25. The lowest BCUT2D eigenvalue weighted by atomic mass is 10.1. The van der Waals surface area contributed by atoms with Crippen LogP contribution in [0.4, 0.5) is 0 Å². The van der Waals surface area contributed by atoms with Crippen molar-refractivity contribution >= 4 is 57.5 Å². The molecule has 0 N–H and O–H groups in total. The molecule has 10 nitrogen and oxygen atoms in total. The van der Waals surface area contributed by atoms with Gasteiger partial charge in [0.15, 0.2) is 61.1 Å². The van der Waals surface area contributed by atoms with Crippen LogP contribution in [0.25, 0.3) is 22.3 Å². The number of rotatable bonds is 12. The molecule has 0 amide bonds. The first-order chi connectivity index (χ1) is 21.2. The predicted octanol–water partition coefficient (Wildman–Crippen LogP) is -8.67. The van der Waals surface area contributed by atoms with Gasteiger partial charge in [-0.05, 0) is 36.1 Å². The Morgan fingerprint density at radius 2 is 0.640 bits per heavy atom. The second kappa shape index (κ2) is 28.7. The summed E-state index contributed by atoms with van der Waals surface area (Å²) in [5.41, 5.74) is 4.22. The van der Waals surface area contributed by atoms with Crippen molar-refractivity contribution in [1.82, 2.24) is 0 Å². The molecule has 4 heterocycles. The monoisotopic (exact) mass is 900 g/mol. The molecule has 50 heavy (non-hydrogen) atoms. The highest BCUT2D eigenvalue weighted by Crippen LogP contribution is 2.16. The van der Waals surface area contributed by atoms with Gasteiger partial charge in [0.2, 0.25) is 26.2 Å². The summed E-state index contributed by atoms with van der Waals surface area (Å²) >= 11 is 0. The molecule has 0 saturated carbocycles. The highest BCUT2D eigenvalue weighted by molar-refractivity contribution is 8.93. The number of hydrogen-bond donors (Lipinski definition) is 0. The van der Waals surface area contributed by atoms with Crippen LogP contribution in [0, 0.1) is 0 Å². The molecule has 0 bridgehead atoms. The van der Waals surface area contributed by atoms with Gasteiger partial charge in [-0.2, -0.15) is 18.3 Å². The molecule has 0 aliphatic carbocycles. The first-order valence-corrected chi connectivity index (χ1v) is 14.4. The number of ketones is 2. The molecule has 0 radical (unpaired) electrons. The third-order valence-corrected chi connectivity index (χ3v) is 6.28. The molecule has 0 aromatic carbocycles. The number of aromatic nitrogens is 4. The van der Waals surface area contributed by atoms with E-state index in [0.29, 0.717) is 26.3 Å². The van der Waals surface area contributed by atoms with Crippen LogP contribution in [-0.2, 0) is 54.8 Å². The Morgan fingerprint density at radius 1 is 0.440 bits per heavy atom. The van der Waals surface area contributed by atoms with E-state index in [1.165, 1.54) is 0 Å². The van der Waals surface area contributed by atoms with Crippen LogP contribution in [0.15, 0.2) is 98.1 Å². The number of ether oxygens (including phenoxy) is 2. The SMILES string of the molecule is Br.Br.CC(=O)C[n+]1ccc(-c2cc[n+](CC(C)=O)cc2)cc1.CCOC(=O)C[n+]1ccc(-c2cc[n+](CC(=O)OCC)cc2)cc1.[Cl-].[Cl-].[Cl-].[Cl-]. The van der Waals surface area contributed by atoms with Crippen molar-refractivity contribution < 1.29 is 96.5 Å². The zero-order chi connectivity index (χ0) is 31.9. The van der Waals surface area contributed by atoms with Gasteiger partial charge in [0.1, 0.15) is 0 Å². The van der Waals surface area contributed by atoms with Crippen LogP contribution < -0.4 is 67.9 Å². The minimum absolute atomic E-state index is 0. The van der Waals surface area contributed by atoms with E-state index in [0.717, 1.165) is 22.3 Å². The van der Waals surface area contributed by atoms with Gasteiger partial charge in [0.25, 0.3) is 0 Å². The summed E-state index contributed by atoms with van der Waals surface area (Å²) in [5.74, 6) is -0.245. The Labute approximate surface area is 339 Å². The van der Waals surface area contributed by atoms with Crippen molar-refractivity contribution in [3.8, 4) is 22.3 Å². The maximum atomic E-state index is 11.5. The summed E-state index contributed by atoms with van der Waals surface area (Å²) < 4.78 is 17.1. The van der Waals surface area contributed by atoms with Crippen molar-refractivity contribution in [3.63, 3.8) is 0 Å². The Morgan fingerprint density at radius 3 is 0.820 bits per heavy atom. The molecule has 0 aliphatic rings. The summed E-state index contributed by atoms with van der Waals surface area (Å²) in [6.07, 6.45) is 14.9. The second-order valence-corrected chi connectivity index (χ2v) is 10.1. The van der Waals surface area contributed by atoms with E-state index >= 15 is 0 Å². The van der Waals surface area contributed by atoms with Crippen LogP contribution >= 0.6 is 34.0 Å². The standard InChI is InChI=1S/C18H22N2O4.C16H18N2O2.2BrH.4ClH/c1-3-23-17(21)13-19-9-5-15(6-10-19)16-7-11-20(12-8-16)14-18(22)24-4-2;1-13(19)11-17-7-3-15(4-8-17)16-5-9-18(10-6-16)12-14(2)20;;;;;;/h5-12H,3-4,13-14H2,1-2H3;3-10H,11-12H2,1-2H3;6*1H/q2*+2;;;;;;/p-4. The second-order valence-electron chi connectivity index (χ2n) is 10.1. The lowest BCUT2D eigenvalue weighted by molar-refractivity contribution is -0.686. The van der Waals surface area contributed by atoms with E-state index in [-0.39, 0.29) is 120 Å². The highest BCUT2D eigenvalue weighted by Gasteiger charge is 2.13. The Bertz CT molecular complexity index is 1450. The number of nitrogens with zero attached hydrogens (tertiary/aromatic N) is 4. The van der Waals surface area contributed by atoms with Crippen LogP contribution in [-0.4, -0.2) is 36.7 Å². The first kappa shape index (κ1) is 53.8. The van der Waals surface area contributed by atoms with Crippen LogP contribution in [0.2, 0.25) is 0 Å². The van der Waals surface area contributed by atoms with Gasteiger partial charge in [-0.3, -0.25) is 9.59 Å². The zero-order valence-corrected chi connectivity index (χ0v) is 34.5. The van der Waals surface area contributed by atoms with E-state index in [1.807, 2.05) is 107 Å². The number of esters is 2. The molecule has 0 aliphatic heterocycles. The lowest BCUT2D eigenvalue weighted by Crippen LogP contribution is -3.00. The van der Waals surface area contributed by atoms with Crippen LogP contribution in [0.3, 0.4) is 0 Å². The smallest absolute Gasteiger partial charge is 0.372 e. The van der Waals surface area contributed by atoms with E-state index in [4.69, 9.17) is 9.47 Å². The molecule has 0 saturated heterocycles. The molecule has 16 heteroatoms. The Kier molecular flexibility index (Phi) is 30.8. The van der Waals surface area contributed by atoms with E-state index < -0.39 is 0 Å². The average molecular weight is 904 g/mol. The Balaban J connectivity index is -0.000000382. The topological polar surface area (TPSA) is 102 Å². The molecule has 4 aromatic rings. The normalized spacial score (nSPS) is 9.04. The quantitative estimate of drug-likeness (QED) is 0.104. The molecule has 0 fully saturated rings. The van der Waals surface area contributed by atoms with E-state index in [1.54, 1.807) is 36.8 Å². The third-order valence-electron chi connectivity index (χ3n) is 6.28. The summed E-state index contributed by atoms with van der Waals surface area (Å²) in [5, 5.41) is 0. The maximum Gasteiger partial charge on any atom is 0.372 e. The van der Waals surface area contributed by atoms with Gasteiger partial charge in [-0.15, -0.1) is 34.0 Å². The van der Waals surface area contributed by atoms with Gasteiger partial charge in [0, 0.05) is 62.4 Å². The fourth-order valence-electron chi connectivity index (χ4n) is 4.25. The van der Waals surface area contributed by atoms with Crippen molar-refractivity contribution in [2.24, 2.45) is 0 Å². The van der Waals surface area contributed by atoms with Crippen LogP contribution in [0.5, 0.6) is 0 Å². The number of halogens is 6. The number of hydrogen-bond acceptors (Lipinski definition) is 6. The van der Waals surface area contributed by atoms with Gasteiger partial charge >= 0.3 is 11.9 Å². The summed E-state index contributed by atoms with van der Waals surface area (Å²) in [6.45, 7) is 8.68. The molecule has 0 spiro atoms. The van der Waals surface area contributed by atoms with Gasteiger partial charge < -0.3 is 59.1 Å². The van der Waals surface area contributed by atoms with Crippen molar-refractivity contribution in [3.05, 3.63) is 98.1 Å². The molecular formula is C34H42Br2Cl4N4O6. The first-order valence-electron chi connectivity index (χ1n) is 14.4. The summed E-state index contributed by atoms with van der Waals surface area (Å²) in [7, 11) is 0. The molecule has 0 unspecified atom stereocenters. The number of carbonyl (C=O) groups is 4. The fraction of sp³-hybridized carbons (Fsp3) is 0.294. The maximum absolute atomic E-state index is 11.5. The van der Waals surface area contributed by atoms with E-state index in [2.05, 4.69) is 0 Å². The molecular weight excluding hydrogens is 862 g/mol. The largest absolute Gasteiger partial charge is 1.00 e. The van der Waals surface area contributed by atoms with Crippen LogP contribution in [0.1, 0.15) is 27.7 Å². The molecule has 276 valence electrons. The predicted molar refractivity (Wildman–Crippen MR) is 180 cm³/mol. The highest BCUT2D eigenvalue weighted by atomic mass is 79.9. The Hall–Kier alpha value is -3.00. The molecule has 0 atom stereocenters. The minimum atomic E-state index is -0.255. The van der Waals surface area contributed by atoms with E-state index in [9.17, 15) is 19.2 Å². The lowest BCUT2D eigenvalue weighted by Gasteiger charge is -2.02. The van der Waals surface area contributed by atoms with Crippen molar-refractivity contribution in [2.45, 2.75) is 53.9 Å². The molecule has 4 aromatic heterocycles. The minimum Gasteiger partial charge on any atom is -1.00 e. The summed E-state index contributed by atoms with van der Waals surface area (Å²) in [6, 6.07) is 15.7. The van der Waals surface area contributed by atoms with Gasteiger partial charge in [0.05, 0.1) is 13.2 Å². The van der Waals surface area contributed by atoms with Crippen molar-refractivity contribution in [1.29, 1.82) is 0 Å². The zero-order valence-electron chi connectivity index (χ0n) is 28.0. The van der Waals surface area contributed by atoms with Crippen molar-refractivity contribution in [2.75, 3.05) is 13.2 Å². The van der Waals surface area contributed by atoms with Gasteiger partial charge in [-0.25, -0.2) is 9.59 Å². The molecule has 4 rings (SSSR count). The number of Topliss-reactive ketones (excluding diaryl/α,β-unsaturated/α-hetero) is 2. The third kappa shape index (κ3) is 19.4.